The van der Waals surface area contributed by atoms with E-state index >= 15 is 0 Å². The Bertz CT molecular complexity index is 3930. The Labute approximate surface area is 338 Å². The van der Waals surface area contributed by atoms with Crippen LogP contribution in [-0.4, -0.2) is 9.13 Å². The molecule has 0 aliphatic heterocycles. The Morgan fingerprint density at radius 3 is 1.96 bits per heavy atom. The van der Waals surface area contributed by atoms with Gasteiger partial charge in [0.15, 0.2) is 0 Å². The fourth-order valence-corrected chi connectivity index (χ4v) is 8.57. The predicted octanol–water partition coefficient (Wildman–Crippen LogP) is 14.8. The average molecular weight is 734 g/mol. The number of nitrogens with zero attached hydrogens (tertiary/aromatic N) is 2. The van der Waals surface area contributed by atoms with Crippen LogP contribution in [0, 0.1) is 0 Å². The van der Waals surface area contributed by atoms with E-state index in [-0.39, 0.29) is 57.6 Å². The van der Waals surface area contributed by atoms with E-state index in [1.165, 1.54) is 0 Å². The fraction of sp³-hybridized carbons (Fsp3) is 0. The third-order valence-corrected chi connectivity index (χ3v) is 11.2. The van der Waals surface area contributed by atoms with E-state index in [1.54, 1.807) is 4.57 Å². The van der Waals surface area contributed by atoms with Crippen LogP contribution in [-0.2, 0) is 0 Å². The van der Waals surface area contributed by atoms with E-state index in [9.17, 15) is 6.85 Å². The minimum absolute atomic E-state index is 0.0904. The summed E-state index contributed by atoms with van der Waals surface area (Å²) in [4.78, 5) is 0. The normalized spacial score (nSPS) is 13.6. The van der Waals surface area contributed by atoms with Gasteiger partial charge < -0.3 is 13.6 Å². The molecule has 0 spiro atoms. The van der Waals surface area contributed by atoms with E-state index in [0.29, 0.717) is 11.3 Å². The summed E-state index contributed by atoms with van der Waals surface area (Å²) in [5, 5.41) is 4.23. The average Bonchev–Trinajstić information content (AvgIpc) is 4.01. The topological polar surface area (TPSA) is 23.0 Å². The van der Waals surface area contributed by atoms with Crippen LogP contribution < -0.4 is 0 Å². The van der Waals surface area contributed by atoms with Crippen molar-refractivity contribution in [3.63, 3.8) is 0 Å². The molecule has 0 atom stereocenters. The van der Waals surface area contributed by atoms with Crippen LogP contribution in [0.15, 0.2) is 211 Å². The van der Waals surface area contributed by atoms with E-state index < -0.39 is 12.1 Å². The standard InChI is InChI=1S/C54H34N2O/c1-3-13-35(14-4-1)37-17-11-18-40(31-37)55-49-23-9-7-19-43(49)47-32-38(25-29-50(47)55)39-26-30-51-48(33-39)46-22-12-21-42(36-15-5-2-6-16-36)54(46)56(51)41-27-28-45-44-20-8-10-24-52(44)57-53(45)34-41/h1-34H/i7D,9D,19D,23D,25D,29D,32D. The first-order valence-corrected chi connectivity index (χ1v) is 18.9. The van der Waals surface area contributed by atoms with Crippen LogP contribution in [0.2, 0.25) is 0 Å². The van der Waals surface area contributed by atoms with Gasteiger partial charge in [0, 0.05) is 55.3 Å². The van der Waals surface area contributed by atoms with Gasteiger partial charge >= 0.3 is 0 Å². The molecule has 12 rings (SSSR count). The van der Waals surface area contributed by atoms with Gasteiger partial charge in [0.2, 0.25) is 0 Å². The molecule has 0 aliphatic rings. The maximum atomic E-state index is 9.94. The summed E-state index contributed by atoms with van der Waals surface area (Å²) >= 11 is 0. The quantitative estimate of drug-likeness (QED) is 0.173. The molecule has 0 bridgehead atoms. The molecule has 12 aromatic rings. The van der Waals surface area contributed by atoms with Crippen LogP contribution in [0.25, 0.3) is 110 Å². The van der Waals surface area contributed by atoms with Crippen molar-refractivity contribution < 1.29 is 14.0 Å². The number of hydrogen-bond donors (Lipinski definition) is 0. The predicted molar refractivity (Wildman–Crippen MR) is 239 cm³/mol. The molecule has 0 fully saturated rings. The molecule has 3 aromatic heterocycles. The van der Waals surface area contributed by atoms with Crippen molar-refractivity contribution >= 4 is 65.6 Å². The third-order valence-electron chi connectivity index (χ3n) is 11.2. The number of benzene rings is 9. The first-order valence-electron chi connectivity index (χ1n) is 22.4. The second kappa shape index (κ2) is 12.5. The van der Waals surface area contributed by atoms with Crippen molar-refractivity contribution in [3.8, 4) is 44.8 Å². The van der Waals surface area contributed by atoms with Gasteiger partial charge in [-0.15, -0.1) is 0 Å². The second-order valence-corrected chi connectivity index (χ2v) is 14.4. The monoisotopic (exact) mass is 733 g/mol. The lowest BCUT2D eigenvalue weighted by atomic mass is 9.99. The smallest absolute Gasteiger partial charge is 0.137 e. The molecule has 57 heavy (non-hydrogen) atoms. The summed E-state index contributed by atoms with van der Waals surface area (Å²) in [6, 6.07) is 52.1. The first kappa shape index (κ1) is 25.5. The number of rotatable bonds is 5. The second-order valence-electron chi connectivity index (χ2n) is 14.4. The molecular formula is C54H34N2O. The summed E-state index contributed by atoms with van der Waals surface area (Å²) in [6.07, 6.45) is 0. The summed E-state index contributed by atoms with van der Waals surface area (Å²) in [5.41, 5.74) is 9.86. The fourth-order valence-electron chi connectivity index (χ4n) is 8.57. The molecule has 266 valence electrons. The molecule has 3 nitrogen and oxygen atoms in total. The highest BCUT2D eigenvalue weighted by Gasteiger charge is 2.20. The van der Waals surface area contributed by atoms with Crippen LogP contribution >= 0.6 is 0 Å². The van der Waals surface area contributed by atoms with Crippen LogP contribution in [0.5, 0.6) is 0 Å². The summed E-state index contributed by atoms with van der Waals surface area (Å²) in [7, 11) is 0. The Balaban J connectivity index is 1.14. The van der Waals surface area contributed by atoms with Gasteiger partial charge in [-0.2, -0.15) is 0 Å². The van der Waals surface area contributed by atoms with Gasteiger partial charge in [0.25, 0.3) is 0 Å². The Morgan fingerprint density at radius 1 is 0.368 bits per heavy atom. The van der Waals surface area contributed by atoms with Crippen LogP contribution in [0.3, 0.4) is 0 Å². The maximum absolute atomic E-state index is 9.94. The molecule has 3 heterocycles. The molecular weight excluding hydrogens is 693 g/mol. The van der Waals surface area contributed by atoms with Crippen LogP contribution in [0.4, 0.5) is 0 Å². The molecule has 0 saturated heterocycles. The van der Waals surface area contributed by atoms with E-state index in [0.717, 1.165) is 71.7 Å². The number of hydrogen-bond acceptors (Lipinski definition) is 1. The zero-order valence-corrected chi connectivity index (χ0v) is 30.4. The Morgan fingerprint density at radius 2 is 1.07 bits per heavy atom. The molecule has 0 N–H and O–H groups in total. The molecule has 0 amide bonds. The molecule has 0 aliphatic carbocycles. The summed E-state index contributed by atoms with van der Waals surface area (Å²) in [5.74, 6) is 0. The van der Waals surface area contributed by atoms with Crippen molar-refractivity contribution in [1.82, 2.24) is 9.13 Å². The highest BCUT2D eigenvalue weighted by molar-refractivity contribution is 6.16. The minimum Gasteiger partial charge on any atom is -0.456 e. The number of furan rings is 1. The van der Waals surface area contributed by atoms with Gasteiger partial charge in [0.05, 0.1) is 31.7 Å². The lowest BCUT2D eigenvalue weighted by Crippen LogP contribution is -1.95. The van der Waals surface area contributed by atoms with Gasteiger partial charge in [-0.25, -0.2) is 0 Å². The number of para-hydroxylation sites is 3. The zero-order valence-electron chi connectivity index (χ0n) is 37.4. The maximum Gasteiger partial charge on any atom is 0.137 e. The summed E-state index contributed by atoms with van der Waals surface area (Å²) < 4.78 is 75.3. The first-order chi connectivity index (χ1) is 31.2. The van der Waals surface area contributed by atoms with E-state index in [2.05, 4.69) is 53.1 Å². The molecule has 0 radical (unpaired) electrons. The highest BCUT2D eigenvalue weighted by Crippen LogP contribution is 2.42. The van der Waals surface area contributed by atoms with Crippen molar-refractivity contribution in [1.29, 1.82) is 0 Å². The minimum atomic E-state index is -0.429. The van der Waals surface area contributed by atoms with Crippen molar-refractivity contribution in [3.05, 3.63) is 206 Å². The third kappa shape index (κ3) is 4.92. The number of fused-ring (bicyclic) bond motifs is 9. The van der Waals surface area contributed by atoms with E-state index in [1.807, 2.05) is 115 Å². The molecule has 9 aromatic carbocycles. The van der Waals surface area contributed by atoms with E-state index in [4.69, 9.17) is 7.16 Å². The zero-order chi connectivity index (χ0) is 43.5. The van der Waals surface area contributed by atoms with Crippen molar-refractivity contribution in [2.24, 2.45) is 0 Å². The lowest BCUT2D eigenvalue weighted by molar-refractivity contribution is 0.668. The molecule has 0 unspecified atom stereocenters. The van der Waals surface area contributed by atoms with Gasteiger partial charge in [0.1, 0.15) is 11.2 Å². The Hall–Kier alpha value is -7.62. The van der Waals surface area contributed by atoms with Crippen molar-refractivity contribution in [2.45, 2.75) is 0 Å². The SMILES string of the molecule is [2H]c1c([2H])c([2H])c2c(c1[2H])c1c([2H])c(-c3ccc4c(c3)c3cccc(-c5ccccc5)c3n4-c3ccc4c(c3)oc3ccccc34)c([2H])c([2H])c1n2-c1cccc(-c2ccccc2)c1. The number of aromatic nitrogens is 2. The van der Waals surface area contributed by atoms with Gasteiger partial charge in [-0.1, -0.05) is 139 Å². The molecule has 3 heteroatoms. The van der Waals surface area contributed by atoms with Gasteiger partial charge in [-0.3, -0.25) is 0 Å². The van der Waals surface area contributed by atoms with Crippen LogP contribution in [0.1, 0.15) is 9.60 Å². The highest BCUT2D eigenvalue weighted by atomic mass is 16.3. The Kier molecular flexibility index (Phi) is 5.56. The largest absolute Gasteiger partial charge is 0.456 e. The summed E-state index contributed by atoms with van der Waals surface area (Å²) in [6.45, 7) is 0. The van der Waals surface area contributed by atoms with Crippen molar-refractivity contribution in [2.75, 3.05) is 0 Å². The van der Waals surface area contributed by atoms with Gasteiger partial charge in [-0.05, 0) is 88.4 Å². The lowest BCUT2D eigenvalue weighted by Gasteiger charge is -2.12. The molecule has 0 saturated carbocycles.